The summed E-state index contributed by atoms with van der Waals surface area (Å²) in [6.45, 7) is 2.50. The molecular formula is C22H23N5O4. The van der Waals surface area contributed by atoms with Crippen LogP contribution in [0.25, 0.3) is 11.5 Å². The number of aryl methyl sites for hydroxylation is 1. The lowest BCUT2D eigenvalue weighted by Gasteiger charge is -2.20. The Kier molecular flexibility index (Phi) is 5.39. The molecule has 1 fully saturated rings. The molecule has 2 amide bonds. The van der Waals surface area contributed by atoms with E-state index in [9.17, 15) is 4.79 Å². The van der Waals surface area contributed by atoms with E-state index in [0.29, 0.717) is 61.0 Å². The minimum Gasteiger partial charge on any atom is -0.486 e. The Bertz CT molecular complexity index is 1060. The Labute approximate surface area is 179 Å². The molecule has 1 aromatic carbocycles. The van der Waals surface area contributed by atoms with Crippen LogP contribution in [0.2, 0.25) is 0 Å². The minimum atomic E-state index is -0.0994. The highest BCUT2D eigenvalue weighted by atomic mass is 16.6. The first-order chi connectivity index (χ1) is 15.2. The van der Waals surface area contributed by atoms with E-state index in [4.69, 9.17) is 14.0 Å². The van der Waals surface area contributed by atoms with Crippen molar-refractivity contribution in [3.05, 3.63) is 48.5 Å². The van der Waals surface area contributed by atoms with E-state index in [1.807, 2.05) is 29.2 Å². The smallest absolute Gasteiger partial charge is 0.321 e. The average Bonchev–Trinajstić information content (AvgIpc) is 3.48. The van der Waals surface area contributed by atoms with E-state index in [1.54, 1.807) is 18.5 Å². The summed E-state index contributed by atoms with van der Waals surface area (Å²) in [5.41, 5.74) is 1.51. The van der Waals surface area contributed by atoms with E-state index in [-0.39, 0.29) is 6.03 Å². The second-order valence-electron chi connectivity index (χ2n) is 7.69. The molecule has 4 heterocycles. The molecule has 1 N–H and O–H groups in total. The van der Waals surface area contributed by atoms with Crippen molar-refractivity contribution in [3.63, 3.8) is 0 Å². The lowest BCUT2D eigenvalue weighted by molar-refractivity contribution is 0.171. The third kappa shape index (κ3) is 4.45. The zero-order valence-electron chi connectivity index (χ0n) is 17.0. The summed E-state index contributed by atoms with van der Waals surface area (Å²) in [4.78, 5) is 23.0. The number of pyridine rings is 1. The van der Waals surface area contributed by atoms with E-state index < -0.39 is 0 Å². The van der Waals surface area contributed by atoms with Crippen molar-refractivity contribution in [2.24, 2.45) is 5.92 Å². The topological polar surface area (TPSA) is 103 Å². The van der Waals surface area contributed by atoms with Gasteiger partial charge in [0.05, 0.1) is 5.56 Å². The van der Waals surface area contributed by atoms with E-state index in [1.165, 1.54) is 0 Å². The number of hydrogen-bond donors (Lipinski definition) is 1. The van der Waals surface area contributed by atoms with Crippen molar-refractivity contribution < 1.29 is 18.8 Å². The Morgan fingerprint density at radius 2 is 2.10 bits per heavy atom. The van der Waals surface area contributed by atoms with Gasteiger partial charge >= 0.3 is 6.03 Å². The van der Waals surface area contributed by atoms with Gasteiger partial charge in [-0.25, -0.2) is 4.79 Å². The predicted molar refractivity (Wildman–Crippen MR) is 112 cm³/mol. The third-order valence-electron chi connectivity index (χ3n) is 5.52. The van der Waals surface area contributed by atoms with Gasteiger partial charge in [-0.3, -0.25) is 4.98 Å². The number of ether oxygens (including phenoxy) is 2. The summed E-state index contributed by atoms with van der Waals surface area (Å²) < 4.78 is 16.4. The molecule has 1 saturated heterocycles. The van der Waals surface area contributed by atoms with Gasteiger partial charge in [-0.2, -0.15) is 4.98 Å². The van der Waals surface area contributed by atoms with Crippen LogP contribution in [0.5, 0.6) is 11.5 Å². The van der Waals surface area contributed by atoms with Gasteiger partial charge in [-0.1, -0.05) is 5.16 Å². The van der Waals surface area contributed by atoms with Crippen LogP contribution in [0.15, 0.2) is 47.2 Å². The largest absolute Gasteiger partial charge is 0.486 e. The summed E-state index contributed by atoms with van der Waals surface area (Å²) in [5.74, 6) is 2.94. The number of rotatable bonds is 5. The van der Waals surface area contributed by atoms with Crippen molar-refractivity contribution in [2.45, 2.75) is 19.3 Å². The first-order valence-corrected chi connectivity index (χ1v) is 10.4. The molecule has 2 aromatic heterocycles. The molecule has 9 nitrogen and oxygen atoms in total. The quantitative estimate of drug-likeness (QED) is 0.674. The number of fused-ring (bicyclic) bond motifs is 1. The number of urea groups is 1. The number of anilines is 1. The molecule has 0 bridgehead atoms. The van der Waals surface area contributed by atoms with Gasteiger partial charge in [0.25, 0.3) is 5.89 Å². The van der Waals surface area contributed by atoms with Crippen molar-refractivity contribution >= 4 is 11.7 Å². The monoisotopic (exact) mass is 421 g/mol. The molecule has 3 aromatic rings. The van der Waals surface area contributed by atoms with Crippen LogP contribution in [0, 0.1) is 5.92 Å². The number of hydrogen-bond acceptors (Lipinski definition) is 7. The number of carbonyl (C=O) groups is 1. The molecular weight excluding hydrogens is 398 g/mol. The molecule has 2 aliphatic heterocycles. The standard InChI is InChI=1S/C22H23N5O4/c28-22(24-17-4-5-18-19(12-17)30-11-10-29-18)27-9-7-15(14-27)3-6-20-25-21(31-26-20)16-2-1-8-23-13-16/h1-2,4-5,8,12-13,15H,3,6-7,9-11,14H2,(H,24,28). The van der Waals surface area contributed by atoms with Gasteiger partial charge in [0.2, 0.25) is 0 Å². The Morgan fingerprint density at radius 1 is 1.19 bits per heavy atom. The number of nitrogens with one attached hydrogen (secondary N) is 1. The summed E-state index contributed by atoms with van der Waals surface area (Å²) in [6.07, 6.45) is 5.98. The number of benzene rings is 1. The number of likely N-dealkylation sites (tertiary alicyclic amines) is 1. The first-order valence-electron chi connectivity index (χ1n) is 10.4. The minimum absolute atomic E-state index is 0.0994. The number of amides is 2. The van der Waals surface area contributed by atoms with Gasteiger partial charge in [0.1, 0.15) is 13.2 Å². The zero-order chi connectivity index (χ0) is 21.0. The van der Waals surface area contributed by atoms with Crippen molar-refractivity contribution in [2.75, 3.05) is 31.6 Å². The molecule has 1 unspecified atom stereocenters. The molecule has 9 heteroatoms. The van der Waals surface area contributed by atoms with Crippen LogP contribution in [-0.2, 0) is 6.42 Å². The van der Waals surface area contributed by atoms with Crippen LogP contribution >= 0.6 is 0 Å². The van der Waals surface area contributed by atoms with Crippen LogP contribution in [0.3, 0.4) is 0 Å². The zero-order valence-corrected chi connectivity index (χ0v) is 17.0. The second-order valence-corrected chi connectivity index (χ2v) is 7.69. The van der Waals surface area contributed by atoms with Gasteiger partial charge in [-0.15, -0.1) is 0 Å². The lowest BCUT2D eigenvalue weighted by Crippen LogP contribution is -2.33. The molecule has 0 saturated carbocycles. The van der Waals surface area contributed by atoms with Crippen LogP contribution in [0.4, 0.5) is 10.5 Å². The fraction of sp³-hybridized carbons (Fsp3) is 0.364. The van der Waals surface area contributed by atoms with Crippen LogP contribution in [0.1, 0.15) is 18.7 Å². The molecule has 31 heavy (non-hydrogen) atoms. The highest BCUT2D eigenvalue weighted by molar-refractivity contribution is 5.90. The van der Waals surface area contributed by atoms with Crippen LogP contribution in [-0.4, -0.2) is 52.4 Å². The van der Waals surface area contributed by atoms with Gasteiger partial charge in [0, 0.05) is 43.7 Å². The van der Waals surface area contributed by atoms with Gasteiger partial charge in [0.15, 0.2) is 17.3 Å². The molecule has 0 radical (unpaired) electrons. The highest BCUT2D eigenvalue weighted by Crippen LogP contribution is 2.33. The lowest BCUT2D eigenvalue weighted by atomic mass is 10.0. The van der Waals surface area contributed by atoms with Crippen LogP contribution < -0.4 is 14.8 Å². The van der Waals surface area contributed by atoms with E-state index in [0.717, 1.165) is 24.9 Å². The maximum atomic E-state index is 12.7. The first kappa shape index (κ1) is 19.3. The number of aromatic nitrogens is 3. The fourth-order valence-corrected chi connectivity index (χ4v) is 3.87. The molecule has 2 aliphatic rings. The normalized spacial score (nSPS) is 17.5. The molecule has 160 valence electrons. The highest BCUT2D eigenvalue weighted by Gasteiger charge is 2.27. The average molecular weight is 421 g/mol. The Hall–Kier alpha value is -3.62. The summed E-state index contributed by atoms with van der Waals surface area (Å²) in [5, 5.41) is 7.03. The molecule has 0 spiro atoms. The summed E-state index contributed by atoms with van der Waals surface area (Å²) in [6, 6.07) is 9.08. The third-order valence-corrected chi connectivity index (χ3v) is 5.52. The SMILES string of the molecule is O=C(Nc1ccc2c(c1)OCCO2)N1CCC(CCc2noc(-c3cccnc3)n2)C1. The van der Waals surface area contributed by atoms with Gasteiger partial charge < -0.3 is 24.2 Å². The maximum Gasteiger partial charge on any atom is 0.321 e. The number of nitrogens with zero attached hydrogens (tertiary/aromatic N) is 4. The fourth-order valence-electron chi connectivity index (χ4n) is 3.87. The van der Waals surface area contributed by atoms with Crippen molar-refractivity contribution in [1.29, 1.82) is 0 Å². The van der Waals surface area contributed by atoms with Gasteiger partial charge in [-0.05, 0) is 43.0 Å². The van der Waals surface area contributed by atoms with Crippen molar-refractivity contribution in [1.82, 2.24) is 20.0 Å². The Balaban J connectivity index is 1.12. The summed E-state index contributed by atoms with van der Waals surface area (Å²) >= 11 is 0. The molecule has 5 rings (SSSR count). The number of carbonyl (C=O) groups excluding carboxylic acids is 1. The van der Waals surface area contributed by atoms with E-state index >= 15 is 0 Å². The van der Waals surface area contributed by atoms with Crippen molar-refractivity contribution in [3.8, 4) is 23.0 Å². The van der Waals surface area contributed by atoms with E-state index in [2.05, 4.69) is 20.4 Å². The summed E-state index contributed by atoms with van der Waals surface area (Å²) in [7, 11) is 0. The molecule has 0 aliphatic carbocycles. The predicted octanol–water partition coefficient (Wildman–Crippen LogP) is 3.39. The maximum absolute atomic E-state index is 12.7. The Morgan fingerprint density at radius 3 is 2.97 bits per heavy atom. The second kappa shape index (κ2) is 8.63. The molecule has 1 atom stereocenters.